The molecule has 0 amide bonds. The highest BCUT2D eigenvalue weighted by Gasteiger charge is 2.17. The Bertz CT molecular complexity index is 117. The van der Waals surface area contributed by atoms with Crippen molar-refractivity contribution in [2.45, 2.75) is 12.8 Å². The Kier molecular flexibility index (Phi) is 3.35. The van der Waals surface area contributed by atoms with Crippen molar-refractivity contribution >= 4 is 10.8 Å². The van der Waals surface area contributed by atoms with Gasteiger partial charge in [0, 0.05) is 28.2 Å². The van der Waals surface area contributed by atoms with E-state index in [4.69, 9.17) is 0 Å². The third-order valence-electron chi connectivity index (χ3n) is 2.01. The largest absolute Gasteiger partial charge is 0.479 e. The molecule has 1 fully saturated rings. The summed E-state index contributed by atoms with van der Waals surface area (Å²) in [6.45, 7) is 1.11. The highest BCUT2D eigenvalue weighted by Crippen LogP contribution is 2.14. The van der Waals surface area contributed by atoms with Gasteiger partial charge < -0.3 is 5.32 Å². The van der Waals surface area contributed by atoms with E-state index in [2.05, 4.69) is 7.05 Å². The molecule has 0 radical (unpaired) electrons. The molecule has 2 N–H and O–H groups in total. The summed E-state index contributed by atoms with van der Waals surface area (Å²) in [5.41, 5.74) is 0. The van der Waals surface area contributed by atoms with Crippen LogP contribution in [0, 0.1) is 13.0 Å². The Morgan fingerprint density at radius 2 is 2.10 bits per heavy atom. The average molecular weight is 161 g/mol. The predicted octanol–water partition coefficient (Wildman–Crippen LogP) is -0.500. The maximum Gasteiger partial charge on any atom is 0.0544 e. The topological polar surface area (TPSA) is 33.7 Å². The minimum Gasteiger partial charge on any atom is -0.479 e. The monoisotopic (exact) mass is 161 g/mol. The van der Waals surface area contributed by atoms with Crippen molar-refractivity contribution in [3.8, 4) is 0 Å². The first-order valence-corrected chi connectivity index (χ1v) is 5.27. The lowest BCUT2D eigenvalue weighted by atomic mass is 10.0. The van der Waals surface area contributed by atoms with E-state index in [-0.39, 0.29) is 0 Å². The molecule has 1 rings (SSSR count). The molecule has 0 aliphatic carbocycles. The molecule has 0 aromatic heterocycles. The molecule has 10 heavy (non-hydrogen) atoms. The maximum atomic E-state index is 10.9. The number of hydrogen-bond donors (Lipinski definition) is 1. The van der Waals surface area contributed by atoms with E-state index >= 15 is 0 Å². The third-order valence-corrected chi connectivity index (χ3v) is 3.39. The molecule has 1 heterocycles. The first-order chi connectivity index (χ1) is 4.83. The quantitative estimate of drug-likeness (QED) is 0.544. The fourth-order valence-electron chi connectivity index (χ4n) is 1.31. The van der Waals surface area contributed by atoms with Crippen molar-refractivity contribution in [1.82, 2.24) is 0 Å². The second kappa shape index (κ2) is 4.09. The van der Waals surface area contributed by atoms with Gasteiger partial charge in [-0.25, -0.2) is 0 Å². The molecule has 0 bridgehead atoms. The summed E-state index contributed by atoms with van der Waals surface area (Å²) in [6.07, 6.45) is 2.28. The fraction of sp³-hybridized carbons (Fsp3) is 0.857. The lowest BCUT2D eigenvalue weighted by Crippen LogP contribution is -2.78. The lowest BCUT2D eigenvalue weighted by Gasteiger charge is -2.19. The van der Waals surface area contributed by atoms with E-state index in [1.165, 1.54) is 0 Å². The van der Waals surface area contributed by atoms with Crippen LogP contribution < -0.4 is 5.32 Å². The van der Waals surface area contributed by atoms with E-state index in [1.807, 2.05) is 5.32 Å². The molecule has 60 valence electrons. The first kappa shape index (κ1) is 8.21. The molecule has 0 aromatic carbocycles. The second-order valence-electron chi connectivity index (χ2n) is 2.82. The van der Waals surface area contributed by atoms with Crippen LogP contribution in [0.2, 0.25) is 0 Å². The third kappa shape index (κ3) is 2.39. The molecule has 0 saturated carbocycles. The maximum absolute atomic E-state index is 10.9. The van der Waals surface area contributed by atoms with Crippen LogP contribution in [-0.4, -0.2) is 22.3 Å². The van der Waals surface area contributed by atoms with E-state index in [1.54, 1.807) is 0 Å². The van der Waals surface area contributed by atoms with Crippen LogP contribution in [0.3, 0.4) is 0 Å². The lowest BCUT2D eigenvalue weighted by molar-refractivity contribution is -0.602. The van der Waals surface area contributed by atoms with Gasteiger partial charge in [0.05, 0.1) is 6.54 Å². The Balaban J connectivity index is 2.19. The van der Waals surface area contributed by atoms with Gasteiger partial charge in [-0.15, -0.1) is 0 Å². The average Bonchev–Trinajstić information content (AvgIpc) is 1.95. The zero-order valence-electron chi connectivity index (χ0n) is 6.21. The van der Waals surface area contributed by atoms with Crippen LogP contribution in [0.4, 0.5) is 0 Å². The minimum absolute atomic E-state index is 0.499. The van der Waals surface area contributed by atoms with E-state index < -0.39 is 10.8 Å². The minimum atomic E-state index is -0.499. The van der Waals surface area contributed by atoms with E-state index in [0.717, 1.165) is 36.8 Å². The molecule has 1 aliphatic heterocycles. The highest BCUT2D eigenvalue weighted by atomic mass is 32.2. The number of hydrogen-bond acceptors (Lipinski definition) is 1. The van der Waals surface area contributed by atoms with Gasteiger partial charge >= 0.3 is 0 Å². The molecule has 0 aromatic rings. The van der Waals surface area contributed by atoms with Gasteiger partial charge in [0.1, 0.15) is 0 Å². The van der Waals surface area contributed by atoms with Crippen molar-refractivity contribution < 1.29 is 9.53 Å². The Morgan fingerprint density at radius 3 is 2.60 bits per heavy atom. The summed E-state index contributed by atoms with van der Waals surface area (Å²) in [7, 11) is 3.20. The summed E-state index contributed by atoms with van der Waals surface area (Å²) < 4.78 is 10.9. The van der Waals surface area contributed by atoms with Crippen LogP contribution in [0.1, 0.15) is 12.8 Å². The predicted molar refractivity (Wildman–Crippen MR) is 42.7 cm³/mol. The molecule has 2 nitrogen and oxygen atoms in total. The summed E-state index contributed by atoms with van der Waals surface area (Å²) in [4.78, 5) is 0. The first-order valence-electron chi connectivity index (χ1n) is 3.79. The van der Waals surface area contributed by atoms with Crippen LogP contribution in [-0.2, 0) is 10.8 Å². The molecule has 3 heteroatoms. The van der Waals surface area contributed by atoms with Crippen LogP contribution in [0.25, 0.3) is 0 Å². The molecule has 1 saturated heterocycles. The number of rotatable bonds is 2. The van der Waals surface area contributed by atoms with Crippen LogP contribution >= 0.6 is 0 Å². The summed E-state index contributed by atoms with van der Waals surface area (Å²) in [6, 6.07) is 0. The molecule has 0 atom stereocenters. The molecular formula is C7H15NOS. The van der Waals surface area contributed by atoms with Gasteiger partial charge in [0.2, 0.25) is 0 Å². The summed E-state index contributed by atoms with van der Waals surface area (Å²) >= 11 is 0. The van der Waals surface area contributed by atoms with Gasteiger partial charge in [-0.3, -0.25) is 4.21 Å². The zero-order chi connectivity index (χ0) is 7.40. The van der Waals surface area contributed by atoms with Crippen LogP contribution in [0.15, 0.2) is 0 Å². The van der Waals surface area contributed by atoms with Gasteiger partial charge in [0.25, 0.3) is 0 Å². The van der Waals surface area contributed by atoms with Crippen LogP contribution in [0.5, 0.6) is 0 Å². The standard InChI is InChI=1S/C7H15NOS/c1-8-6-7-2-4-10(9)5-3-7/h7H,1-6,8H2. The van der Waals surface area contributed by atoms with Gasteiger partial charge in [0.15, 0.2) is 0 Å². The highest BCUT2D eigenvalue weighted by molar-refractivity contribution is 7.85. The normalized spacial score (nSPS) is 34.1. The SMILES string of the molecule is [CH2-][NH2+]CC1CCS(=O)CC1. The van der Waals surface area contributed by atoms with Gasteiger partial charge in [-0.2, -0.15) is 7.05 Å². The smallest absolute Gasteiger partial charge is 0.0544 e. The number of nitrogens with two attached hydrogens (primary N) is 1. The number of quaternary nitrogens is 1. The van der Waals surface area contributed by atoms with Crippen molar-refractivity contribution in [1.29, 1.82) is 0 Å². The zero-order valence-corrected chi connectivity index (χ0v) is 7.03. The van der Waals surface area contributed by atoms with Crippen molar-refractivity contribution in [3.63, 3.8) is 0 Å². The Morgan fingerprint density at radius 1 is 1.50 bits per heavy atom. The van der Waals surface area contributed by atoms with Gasteiger partial charge in [-0.1, -0.05) is 0 Å². The van der Waals surface area contributed by atoms with Gasteiger partial charge in [-0.05, 0) is 12.8 Å². The summed E-state index contributed by atoms with van der Waals surface area (Å²) in [5, 5.41) is 1.97. The molecular weight excluding hydrogens is 146 g/mol. The van der Waals surface area contributed by atoms with Crippen molar-refractivity contribution in [2.75, 3.05) is 18.1 Å². The summed E-state index contributed by atoms with van der Waals surface area (Å²) in [5.74, 6) is 2.60. The Labute approximate surface area is 64.8 Å². The van der Waals surface area contributed by atoms with Crippen molar-refractivity contribution in [2.24, 2.45) is 5.92 Å². The fourth-order valence-corrected chi connectivity index (χ4v) is 2.71. The second-order valence-corrected chi connectivity index (χ2v) is 4.51. The molecule has 0 spiro atoms. The Hall–Kier alpha value is 0.110. The van der Waals surface area contributed by atoms with E-state index in [0.29, 0.717) is 0 Å². The molecule has 1 aliphatic rings. The van der Waals surface area contributed by atoms with E-state index in [9.17, 15) is 4.21 Å². The van der Waals surface area contributed by atoms with Crippen molar-refractivity contribution in [3.05, 3.63) is 7.05 Å². The molecule has 0 unspecified atom stereocenters.